The van der Waals surface area contributed by atoms with Crippen molar-refractivity contribution in [2.24, 2.45) is 0 Å². The second-order valence-electron chi connectivity index (χ2n) is 8.44. The molecule has 0 spiro atoms. The minimum atomic E-state index is -0.974. The van der Waals surface area contributed by atoms with E-state index in [0.717, 1.165) is 15.8 Å². The van der Waals surface area contributed by atoms with E-state index in [2.05, 4.69) is 4.98 Å². The van der Waals surface area contributed by atoms with Gasteiger partial charge in [0.15, 0.2) is 16.6 Å². The van der Waals surface area contributed by atoms with E-state index in [0.29, 0.717) is 46.9 Å². The van der Waals surface area contributed by atoms with Crippen LogP contribution in [0.5, 0.6) is 11.5 Å². The van der Waals surface area contributed by atoms with Crippen molar-refractivity contribution >= 4 is 44.1 Å². The number of thiazole rings is 1. The van der Waals surface area contributed by atoms with Crippen LogP contribution in [0.4, 0.5) is 5.13 Å². The molecule has 1 N–H and O–H groups in total. The van der Waals surface area contributed by atoms with E-state index >= 15 is 0 Å². The van der Waals surface area contributed by atoms with Crippen molar-refractivity contribution in [1.29, 1.82) is 0 Å². The van der Waals surface area contributed by atoms with Crippen molar-refractivity contribution in [1.82, 2.24) is 4.98 Å². The van der Waals surface area contributed by atoms with Crippen molar-refractivity contribution in [3.63, 3.8) is 0 Å². The monoisotopic (exact) mass is 488 g/mol. The number of Topliss-reactive ketones (excluding diaryl/α,β-unsaturated/α-hetero) is 1. The quantitative estimate of drug-likeness (QED) is 0.248. The molecule has 2 aromatic carbocycles. The van der Waals surface area contributed by atoms with Gasteiger partial charge in [0.25, 0.3) is 5.78 Å². The standard InChI is InChI=1S/C26H20N2O6S/c1-13-3-6-16-20(11-13)35-26(27-16)28-22(18-7-4-14(2)34-18)21(24(30)25(28)31)23(29)15-5-8-17-19(12-15)33-10-9-32-17/h3-8,11-12,22,29H,9-10H2,1-2H3/b23-21+. The van der Waals surface area contributed by atoms with Crippen LogP contribution in [0.3, 0.4) is 0 Å². The minimum Gasteiger partial charge on any atom is -0.507 e. The zero-order valence-corrected chi connectivity index (χ0v) is 19.7. The lowest BCUT2D eigenvalue weighted by atomic mass is 9.99. The molecule has 8 nitrogen and oxygen atoms in total. The van der Waals surface area contributed by atoms with Crippen LogP contribution in [0.2, 0.25) is 0 Å². The molecule has 0 radical (unpaired) electrons. The number of ketones is 1. The summed E-state index contributed by atoms with van der Waals surface area (Å²) >= 11 is 1.31. The van der Waals surface area contributed by atoms with Crippen LogP contribution in [0.15, 0.2) is 58.5 Å². The number of aromatic nitrogens is 1. The first-order chi connectivity index (χ1) is 16.9. The Morgan fingerprint density at radius 1 is 1.03 bits per heavy atom. The Bertz CT molecular complexity index is 1550. The highest BCUT2D eigenvalue weighted by Crippen LogP contribution is 2.45. The summed E-state index contributed by atoms with van der Waals surface area (Å²) in [6, 6.07) is 13.2. The summed E-state index contributed by atoms with van der Waals surface area (Å²) in [6.07, 6.45) is 0. The molecule has 4 heterocycles. The van der Waals surface area contributed by atoms with Crippen LogP contribution in [0, 0.1) is 13.8 Å². The Labute approximate surface area is 204 Å². The Balaban J connectivity index is 1.53. The van der Waals surface area contributed by atoms with Crippen molar-refractivity contribution in [2.75, 3.05) is 18.1 Å². The Morgan fingerprint density at radius 2 is 1.83 bits per heavy atom. The van der Waals surface area contributed by atoms with Crippen molar-refractivity contribution < 1.29 is 28.6 Å². The molecule has 4 aromatic rings. The Morgan fingerprint density at radius 3 is 2.60 bits per heavy atom. The molecule has 9 heteroatoms. The number of fused-ring (bicyclic) bond motifs is 2. The molecule has 2 aromatic heterocycles. The van der Waals surface area contributed by atoms with Gasteiger partial charge >= 0.3 is 5.91 Å². The van der Waals surface area contributed by atoms with Crippen LogP contribution < -0.4 is 14.4 Å². The van der Waals surface area contributed by atoms with Crippen LogP contribution in [-0.4, -0.2) is 35.0 Å². The first-order valence-electron chi connectivity index (χ1n) is 11.1. The van der Waals surface area contributed by atoms with E-state index in [9.17, 15) is 14.7 Å². The summed E-state index contributed by atoms with van der Waals surface area (Å²) in [6.45, 7) is 4.56. The number of hydrogen-bond acceptors (Lipinski definition) is 8. The third kappa shape index (κ3) is 3.47. The summed E-state index contributed by atoms with van der Waals surface area (Å²) in [5.41, 5.74) is 2.04. The summed E-state index contributed by atoms with van der Waals surface area (Å²) in [7, 11) is 0. The first-order valence-corrected chi connectivity index (χ1v) is 11.9. The van der Waals surface area contributed by atoms with Gasteiger partial charge in [-0.1, -0.05) is 17.4 Å². The maximum Gasteiger partial charge on any atom is 0.302 e. The molecule has 1 fully saturated rings. The second-order valence-corrected chi connectivity index (χ2v) is 9.45. The molecule has 0 aliphatic carbocycles. The molecule has 1 unspecified atom stereocenters. The second kappa shape index (κ2) is 7.99. The Hall–Kier alpha value is -4.11. The number of hydrogen-bond donors (Lipinski definition) is 1. The number of amides is 1. The normalized spacial score (nSPS) is 19.0. The predicted octanol–water partition coefficient (Wildman–Crippen LogP) is 4.90. The number of aliphatic hydroxyl groups excluding tert-OH is 1. The molecule has 35 heavy (non-hydrogen) atoms. The number of anilines is 1. The molecular weight excluding hydrogens is 468 g/mol. The molecule has 176 valence electrons. The fraction of sp³-hybridized carbons (Fsp3) is 0.192. The van der Waals surface area contributed by atoms with E-state index < -0.39 is 17.7 Å². The fourth-order valence-electron chi connectivity index (χ4n) is 4.37. The fourth-order valence-corrected chi connectivity index (χ4v) is 5.46. The van der Waals surface area contributed by atoms with Gasteiger partial charge in [-0.3, -0.25) is 14.5 Å². The van der Waals surface area contributed by atoms with Gasteiger partial charge in [-0.15, -0.1) is 0 Å². The number of carbonyl (C=O) groups excluding carboxylic acids is 2. The van der Waals surface area contributed by atoms with Crippen LogP contribution >= 0.6 is 11.3 Å². The number of nitrogens with zero attached hydrogens (tertiary/aromatic N) is 2. The SMILES string of the molecule is Cc1ccc2nc(N3C(=O)C(=O)/C(=C(/O)c4ccc5c(c4)OCCO5)C3c3ccc(C)o3)sc2c1. The van der Waals surface area contributed by atoms with Crippen molar-refractivity contribution in [3.8, 4) is 11.5 Å². The molecule has 1 atom stereocenters. The third-order valence-electron chi connectivity index (χ3n) is 6.03. The summed E-state index contributed by atoms with van der Waals surface area (Å²) in [5, 5.41) is 11.7. The number of aryl methyl sites for hydroxylation is 2. The minimum absolute atomic E-state index is 0.0727. The van der Waals surface area contributed by atoms with E-state index in [1.54, 1.807) is 37.3 Å². The molecule has 2 aliphatic rings. The first kappa shape index (κ1) is 21.4. The number of rotatable bonds is 3. The smallest absolute Gasteiger partial charge is 0.302 e. The predicted molar refractivity (Wildman–Crippen MR) is 130 cm³/mol. The van der Waals surface area contributed by atoms with Gasteiger partial charge in [-0.25, -0.2) is 4.98 Å². The van der Waals surface area contributed by atoms with Gasteiger partial charge in [-0.05, 0) is 61.9 Å². The third-order valence-corrected chi connectivity index (χ3v) is 7.05. The van der Waals surface area contributed by atoms with E-state index in [1.165, 1.54) is 16.2 Å². The van der Waals surface area contributed by atoms with Crippen LogP contribution in [0.25, 0.3) is 16.0 Å². The zero-order chi connectivity index (χ0) is 24.3. The maximum atomic E-state index is 13.3. The summed E-state index contributed by atoms with van der Waals surface area (Å²) in [4.78, 5) is 32.6. The molecule has 2 aliphatic heterocycles. The van der Waals surface area contributed by atoms with Crippen LogP contribution in [-0.2, 0) is 9.59 Å². The number of aliphatic hydroxyl groups is 1. The number of carbonyl (C=O) groups is 2. The topological polar surface area (TPSA) is 102 Å². The highest BCUT2D eigenvalue weighted by Gasteiger charge is 2.49. The zero-order valence-electron chi connectivity index (χ0n) is 18.9. The van der Waals surface area contributed by atoms with Gasteiger partial charge in [-0.2, -0.15) is 0 Å². The molecule has 0 bridgehead atoms. The highest BCUT2D eigenvalue weighted by atomic mass is 32.1. The van der Waals surface area contributed by atoms with Crippen molar-refractivity contribution in [3.05, 3.63) is 76.8 Å². The number of ether oxygens (including phenoxy) is 2. The van der Waals surface area contributed by atoms with E-state index in [1.807, 2.05) is 25.1 Å². The lowest BCUT2D eigenvalue weighted by Crippen LogP contribution is -2.29. The van der Waals surface area contributed by atoms with E-state index in [4.69, 9.17) is 13.9 Å². The number of benzene rings is 2. The molecular formula is C26H20N2O6S. The van der Waals surface area contributed by atoms with Gasteiger partial charge < -0.3 is 19.0 Å². The van der Waals surface area contributed by atoms with Gasteiger partial charge in [0, 0.05) is 5.56 Å². The Kier molecular flexibility index (Phi) is 4.89. The van der Waals surface area contributed by atoms with Crippen molar-refractivity contribution in [2.45, 2.75) is 19.9 Å². The van der Waals surface area contributed by atoms with Gasteiger partial charge in [0.05, 0.1) is 15.8 Å². The van der Waals surface area contributed by atoms with Crippen LogP contribution in [0.1, 0.15) is 28.7 Å². The average Bonchev–Trinajstić information content (AvgIpc) is 3.54. The van der Waals surface area contributed by atoms with Gasteiger partial charge in [0.2, 0.25) is 0 Å². The largest absolute Gasteiger partial charge is 0.507 e. The molecule has 1 saturated heterocycles. The lowest BCUT2D eigenvalue weighted by Gasteiger charge is -2.21. The average molecular weight is 489 g/mol. The molecule has 6 rings (SSSR count). The molecule has 1 amide bonds. The maximum absolute atomic E-state index is 13.3. The summed E-state index contributed by atoms with van der Waals surface area (Å²) in [5.74, 6) is 0.0726. The highest BCUT2D eigenvalue weighted by molar-refractivity contribution is 7.22. The summed E-state index contributed by atoms with van der Waals surface area (Å²) < 4.78 is 17.9. The lowest BCUT2D eigenvalue weighted by molar-refractivity contribution is -0.132. The van der Waals surface area contributed by atoms with E-state index in [-0.39, 0.29) is 11.3 Å². The molecule has 0 saturated carbocycles. The number of furan rings is 1. The van der Waals surface area contributed by atoms with Gasteiger partial charge in [0.1, 0.15) is 36.5 Å².